The number of rotatable bonds is 3. The first-order valence-corrected chi connectivity index (χ1v) is 6.82. The first kappa shape index (κ1) is 14.1. The Kier molecular flexibility index (Phi) is 4.30. The molecule has 1 aliphatic heterocycles. The molecule has 0 aliphatic carbocycles. The van der Waals surface area contributed by atoms with E-state index in [4.69, 9.17) is 16.3 Å². The lowest BCUT2D eigenvalue weighted by Crippen LogP contribution is -2.39. The van der Waals surface area contributed by atoms with E-state index >= 15 is 0 Å². The Morgan fingerprint density at radius 2 is 2.21 bits per heavy atom. The first-order chi connectivity index (χ1) is 8.99. The molecule has 1 amide bonds. The zero-order chi connectivity index (χ0) is 14.0. The third-order valence-electron chi connectivity index (χ3n) is 2.99. The van der Waals surface area contributed by atoms with Crippen molar-refractivity contribution in [3.8, 4) is 5.75 Å². The Bertz CT molecular complexity index is 477. The van der Waals surface area contributed by atoms with Gasteiger partial charge in [0.05, 0.1) is 6.10 Å². The van der Waals surface area contributed by atoms with Crippen molar-refractivity contribution in [3.63, 3.8) is 0 Å². The van der Waals surface area contributed by atoms with Gasteiger partial charge in [-0.25, -0.2) is 4.39 Å². The number of carbonyl (C=O) groups is 1. The van der Waals surface area contributed by atoms with Crippen molar-refractivity contribution >= 4 is 23.2 Å². The molecule has 0 spiro atoms. The standard InChI is InChI=1S/C14H17ClFNO2/c1-9(2)19-11-5-6-12-10(8-11)4-3-7-17(12)14(18)13(15)16/h5-6,8-9,13H,3-4,7H2,1-2H3. The second-order valence-corrected chi connectivity index (χ2v) is 5.23. The maximum Gasteiger partial charge on any atom is 0.277 e. The van der Waals surface area contributed by atoms with Crippen molar-refractivity contribution in [1.82, 2.24) is 0 Å². The van der Waals surface area contributed by atoms with E-state index in [1.54, 1.807) is 12.1 Å². The largest absolute Gasteiger partial charge is 0.491 e. The van der Waals surface area contributed by atoms with E-state index in [1.807, 2.05) is 19.9 Å². The van der Waals surface area contributed by atoms with Crippen LogP contribution < -0.4 is 9.64 Å². The van der Waals surface area contributed by atoms with E-state index < -0.39 is 11.5 Å². The van der Waals surface area contributed by atoms with Gasteiger partial charge in [-0.2, -0.15) is 0 Å². The van der Waals surface area contributed by atoms with Gasteiger partial charge in [0.1, 0.15) is 5.75 Å². The van der Waals surface area contributed by atoms with E-state index in [0.29, 0.717) is 6.54 Å². The maximum absolute atomic E-state index is 13.0. The lowest BCUT2D eigenvalue weighted by molar-refractivity contribution is -0.120. The molecule has 1 unspecified atom stereocenters. The molecule has 0 N–H and O–H groups in total. The third-order valence-corrected chi connectivity index (χ3v) is 3.18. The van der Waals surface area contributed by atoms with Gasteiger partial charge in [-0.3, -0.25) is 4.79 Å². The molecule has 0 saturated carbocycles. The summed E-state index contributed by atoms with van der Waals surface area (Å²) in [6, 6.07) is 5.51. The number of alkyl halides is 2. The molecule has 0 aromatic heterocycles. The van der Waals surface area contributed by atoms with Gasteiger partial charge in [-0.05, 0) is 50.5 Å². The fraction of sp³-hybridized carbons (Fsp3) is 0.500. The summed E-state index contributed by atoms with van der Waals surface area (Å²) in [7, 11) is 0. The summed E-state index contributed by atoms with van der Waals surface area (Å²) in [6.07, 6.45) is 1.75. The SMILES string of the molecule is CC(C)Oc1ccc2c(c1)CCCN2C(=O)C(F)Cl. The normalized spacial score (nSPS) is 16.2. The molecule has 1 heterocycles. The molecule has 1 aromatic rings. The molecule has 1 aromatic carbocycles. The number of nitrogens with zero attached hydrogens (tertiary/aromatic N) is 1. The van der Waals surface area contributed by atoms with Crippen LogP contribution in [0.3, 0.4) is 0 Å². The summed E-state index contributed by atoms with van der Waals surface area (Å²) in [5.41, 5.74) is -0.261. The van der Waals surface area contributed by atoms with E-state index in [9.17, 15) is 9.18 Å². The number of aryl methyl sites for hydroxylation is 1. The summed E-state index contributed by atoms with van der Waals surface area (Å²) in [5, 5.41) is 0. The molecule has 0 radical (unpaired) electrons. The van der Waals surface area contributed by atoms with Gasteiger partial charge in [0.25, 0.3) is 11.5 Å². The quantitative estimate of drug-likeness (QED) is 0.798. The molecule has 2 rings (SSSR count). The van der Waals surface area contributed by atoms with E-state index in [-0.39, 0.29) is 6.10 Å². The first-order valence-electron chi connectivity index (χ1n) is 6.38. The predicted molar refractivity (Wildman–Crippen MR) is 73.6 cm³/mol. The Morgan fingerprint density at radius 3 is 2.84 bits per heavy atom. The van der Waals surface area contributed by atoms with Gasteiger partial charge in [0.2, 0.25) is 0 Å². The summed E-state index contributed by atoms with van der Waals surface area (Å²) >= 11 is 5.25. The number of anilines is 1. The van der Waals surface area contributed by atoms with Crippen LogP contribution in [0.2, 0.25) is 0 Å². The summed E-state index contributed by atoms with van der Waals surface area (Å²) in [6.45, 7) is 4.41. The molecule has 5 heteroatoms. The number of hydrogen-bond donors (Lipinski definition) is 0. The third kappa shape index (κ3) is 3.18. The highest BCUT2D eigenvalue weighted by Gasteiger charge is 2.27. The molecule has 0 saturated heterocycles. The zero-order valence-electron chi connectivity index (χ0n) is 11.0. The predicted octanol–water partition coefficient (Wildman–Crippen LogP) is 3.29. The minimum Gasteiger partial charge on any atom is -0.491 e. The number of halogens is 2. The Hall–Kier alpha value is -1.29. The minimum absolute atomic E-state index is 0.0949. The topological polar surface area (TPSA) is 29.5 Å². The van der Waals surface area contributed by atoms with Gasteiger partial charge in [-0.15, -0.1) is 0 Å². The number of hydrogen-bond acceptors (Lipinski definition) is 2. The molecular weight excluding hydrogens is 269 g/mol. The average Bonchev–Trinajstić information content (AvgIpc) is 2.36. The van der Waals surface area contributed by atoms with Crippen molar-refractivity contribution < 1.29 is 13.9 Å². The molecule has 104 valence electrons. The summed E-state index contributed by atoms with van der Waals surface area (Å²) < 4.78 is 18.6. The Morgan fingerprint density at radius 1 is 1.47 bits per heavy atom. The lowest BCUT2D eigenvalue weighted by Gasteiger charge is -2.30. The van der Waals surface area contributed by atoms with E-state index in [2.05, 4.69) is 0 Å². The lowest BCUT2D eigenvalue weighted by atomic mass is 10.0. The molecule has 0 fully saturated rings. The minimum atomic E-state index is -1.99. The van der Waals surface area contributed by atoms with Crippen molar-refractivity contribution in [2.75, 3.05) is 11.4 Å². The summed E-state index contributed by atoms with van der Waals surface area (Å²) in [4.78, 5) is 13.1. The van der Waals surface area contributed by atoms with Crippen LogP contribution in [0, 0.1) is 0 Å². The van der Waals surface area contributed by atoms with Gasteiger partial charge in [0, 0.05) is 12.2 Å². The number of carbonyl (C=O) groups excluding carboxylic acids is 1. The highest BCUT2D eigenvalue weighted by atomic mass is 35.5. The number of fused-ring (bicyclic) bond motifs is 1. The second kappa shape index (κ2) is 5.78. The van der Waals surface area contributed by atoms with Crippen LogP contribution in [0.25, 0.3) is 0 Å². The fourth-order valence-electron chi connectivity index (χ4n) is 2.27. The van der Waals surface area contributed by atoms with Crippen LogP contribution in [0.5, 0.6) is 5.75 Å². The number of ether oxygens (including phenoxy) is 1. The van der Waals surface area contributed by atoms with E-state index in [0.717, 1.165) is 29.8 Å². The zero-order valence-corrected chi connectivity index (χ0v) is 11.8. The van der Waals surface area contributed by atoms with Gasteiger partial charge in [-0.1, -0.05) is 11.6 Å². The number of amides is 1. The monoisotopic (exact) mass is 285 g/mol. The average molecular weight is 286 g/mol. The van der Waals surface area contributed by atoms with Crippen LogP contribution in [0.15, 0.2) is 18.2 Å². The van der Waals surface area contributed by atoms with Crippen LogP contribution in [-0.4, -0.2) is 24.2 Å². The maximum atomic E-state index is 13.0. The molecule has 0 bridgehead atoms. The molecule has 19 heavy (non-hydrogen) atoms. The molecule has 1 atom stereocenters. The molecule has 1 aliphatic rings. The van der Waals surface area contributed by atoms with Gasteiger partial charge in [0.15, 0.2) is 0 Å². The smallest absolute Gasteiger partial charge is 0.277 e. The van der Waals surface area contributed by atoms with Crippen molar-refractivity contribution in [2.45, 2.75) is 38.4 Å². The van der Waals surface area contributed by atoms with Crippen molar-refractivity contribution in [2.24, 2.45) is 0 Å². The Balaban J connectivity index is 2.28. The highest BCUT2D eigenvalue weighted by molar-refractivity contribution is 6.31. The van der Waals surface area contributed by atoms with Crippen LogP contribution in [-0.2, 0) is 11.2 Å². The summed E-state index contributed by atoms with van der Waals surface area (Å²) in [5.74, 6) is 0.0749. The number of benzene rings is 1. The molecular formula is C14H17ClFNO2. The second-order valence-electron chi connectivity index (χ2n) is 4.85. The molecule has 3 nitrogen and oxygen atoms in total. The van der Waals surface area contributed by atoms with Crippen LogP contribution >= 0.6 is 11.6 Å². The highest BCUT2D eigenvalue weighted by Crippen LogP contribution is 2.31. The Labute approximate surface area is 117 Å². The van der Waals surface area contributed by atoms with Crippen molar-refractivity contribution in [1.29, 1.82) is 0 Å². The van der Waals surface area contributed by atoms with Crippen molar-refractivity contribution in [3.05, 3.63) is 23.8 Å². The van der Waals surface area contributed by atoms with Crippen LogP contribution in [0.1, 0.15) is 25.8 Å². The fourth-order valence-corrected chi connectivity index (χ4v) is 2.38. The van der Waals surface area contributed by atoms with Crippen LogP contribution in [0.4, 0.5) is 10.1 Å². The van der Waals surface area contributed by atoms with E-state index in [1.165, 1.54) is 4.90 Å². The van der Waals surface area contributed by atoms with Gasteiger partial charge >= 0.3 is 0 Å². The van der Waals surface area contributed by atoms with Gasteiger partial charge < -0.3 is 9.64 Å².